The Bertz CT molecular complexity index is 918. The summed E-state index contributed by atoms with van der Waals surface area (Å²) < 4.78 is 0. The van der Waals surface area contributed by atoms with E-state index in [4.69, 9.17) is 0 Å². The number of nitriles is 1. The fraction of sp³-hybridized carbons (Fsp3) is 0.143. The van der Waals surface area contributed by atoms with E-state index in [0.717, 1.165) is 22.0 Å². The first kappa shape index (κ1) is 16.9. The number of nitrogens with one attached hydrogen (secondary N) is 1. The zero-order valence-electron chi connectivity index (χ0n) is 14.2. The van der Waals surface area contributed by atoms with Gasteiger partial charge in [0.15, 0.2) is 0 Å². The first-order chi connectivity index (χ1) is 12.2. The Hall–Kier alpha value is -2.90. The van der Waals surface area contributed by atoms with Crippen LogP contribution in [0.4, 0.5) is 5.69 Å². The normalized spacial score (nSPS) is 11.4. The summed E-state index contributed by atoms with van der Waals surface area (Å²) in [6, 6.07) is 20.4. The van der Waals surface area contributed by atoms with Gasteiger partial charge in [-0.2, -0.15) is 5.26 Å². The van der Waals surface area contributed by atoms with Gasteiger partial charge in [0.05, 0.1) is 5.69 Å². The number of hydrogen-bond donors (Lipinski definition) is 1. The highest BCUT2D eigenvalue weighted by Crippen LogP contribution is 2.27. The van der Waals surface area contributed by atoms with Crippen LogP contribution < -0.4 is 5.32 Å². The van der Waals surface area contributed by atoms with Crippen molar-refractivity contribution >= 4 is 22.6 Å². The molecule has 3 rings (SSSR count). The second-order valence-corrected chi connectivity index (χ2v) is 6.82. The number of anilines is 1. The highest BCUT2D eigenvalue weighted by molar-refractivity contribution is 7.11. The van der Waals surface area contributed by atoms with Crippen LogP contribution >= 0.6 is 11.3 Å². The topological polar surface area (TPSA) is 48.7 Å². The molecule has 0 spiro atoms. The monoisotopic (exact) mass is 345 g/mol. The molecule has 0 saturated carbocycles. The lowest BCUT2D eigenvalue weighted by molar-refractivity contribution is 0.869. The number of para-hydroxylation sites is 1. The molecule has 0 aliphatic carbocycles. The van der Waals surface area contributed by atoms with E-state index in [1.54, 1.807) is 6.20 Å². The Labute approximate surface area is 152 Å². The zero-order chi connectivity index (χ0) is 17.6. The molecule has 3 aromatic rings. The number of hydrogen-bond acceptors (Lipinski definition) is 4. The number of aromatic nitrogens is 1. The van der Waals surface area contributed by atoms with Crippen molar-refractivity contribution in [3.8, 4) is 17.3 Å². The maximum Gasteiger partial charge on any atom is 0.136 e. The Morgan fingerprint density at radius 3 is 2.56 bits per heavy atom. The maximum absolute atomic E-state index is 9.52. The van der Waals surface area contributed by atoms with Crippen LogP contribution in [0.5, 0.6) is 0 Å². The molecule has 25 heavy (non-hydrogen) atoms. The van der Waals surface area contributed by atoms with E-state index in [9.17, 15) is 5.26 Å². The van der Waals surface area contributed by atoms with Crippen molar-refractivity contribution in [1.82, 2.24) is 4.98 Å². The minimum Gasteiger partial charge on any atom is -0.360 e. The quantitative estimate of drug-likeness (QED) is 0.585. The molecule has 4 heteroatoms. The van der Waals surface area contributed by atoms with Crippen LogP contribution in [0.15, 0.2) is 66.2 Å². The molecule has 0 aliphatic heterocycles. The standard InChI is InChI=1S/C21H19N3S/c1-15(2)18-10-6-7-11-19(18)23-13-17(12-22)21-24-20(14-25-21)16-8-4-3-5-9-16/h3-11,13-15,23H,1-2H3/b17-13+. The molecule has 124 valence electrons. The zero-order valence-corrected chi connectivity index (χ0v) is 15.0. The van der Waals surface area contributed by atoms with E-state index in [-0.39, 0.29) is 0 Å². The van der Waals surface area contributed by atoms with Crippen LogP contribution in [-0.2, 0) is 0 Å². The lowest BCUT2D eigenvalue weighted by Gasteiger charge is -2.12. The van der Waals surface area contributed by atoms with Crippen molar-refractivity contribution in [2.24, 2.45) is 0 Å². The predicted molar refractivity (Wildman–Crippen MR) is 105 cm³/mol. The van der Waals surface area contributed by atoms with Crippen molar-refractivity contribution in [1.29, 1.82) is 5.26 Å². The lowest BCUT2D eigenvalue weighted by Crippen LogP contribution is -1.97. The minimum atomic E-state index is 0.409. The Kier molecular flexibility index (Phi) is 5.27. The van der Waals surface area contributed by atoms with Crippen molar-refractivity contribution < 1.29 is 0 Å². The molecule has 0 saturated heterocycles. The first-order valence-corrected chi connectivity index (χ1v) is 9.04. The largest absolute Gasteiger partial charge is 0.360 e. The van der Waals surface area contributed by atoms with Crippen LogP contribution in [0.2, 0.25) is 0 Å². The van der Waals surface area contributed by atoms with Gasteiger partial charge in [-0.25, -0.2) is 4.98 Å². The molecule has 0 unspecified atom stereocenters. The van der Waals surface area contributed by atoms with Crippen LogP contribution in [-0.4, -0.2) is 4.98 Å². The number of benzene rings is 2. The predicted octanol–water partition coefficient (Wildman–Crippen LogP) is 5.91. The summed E-state index contributed by atoms with van der Waals surface area (Å²) in [7, 11) is 0. The molecular formula is C21H19N3S. The highest BCUT2D eigenvalue weighted by atomic mass is 32.1. The number of allylic oxidation sites excluding steroid dienone is 1. The Morgan fingerprint density at radius 1 is 1.12 bits per heavy atom. The van der Waals surface area contributed by atoms with Crippen molar-refractivity contribution in [2.75, 3.05) is 5.32 Å². The van der Waals surface area contributed by atoms with Gasteiger partial charge in [-0.3, -0.25) is 0 Å². The third-order valence-corrected chi connectivity index (χ3v) is 4.75. The molecule has 0 bridgehead atoms. The molecule has 0 radical (unpaired) electrons. The highest BCUT2D eigenvalue weighted by Gasteiger charge is 2.10. The van der Waals surface area contributed by atoms with Gasteiger partial charge < -0.3 is 5.32 Å². The van der Waals surface area contributed by atoms with E-state index >= 15 is 0 Å². The molecule has 1 N–H and O–H groups in total. The lowest BCUT2D eigenvalue weighted by atomic mass is 10.0. The van der Waals surface area contributed by atoms with Gasteiger partial charge in [0.25, 0.3) is 0 Å². The smallest absolute Gasteiger partial charge is 0.136 e. The number of thiazole rings is 1. The summed E-state index contributed by atoms with van der Waals surface area (Å²) >= 11 is 1.48. The van der Waals surface area contributed by atoms with Crippen molar-refractivity contribution in [2.45, 2.75) is 19.8 Å². The Morgan fingerprint density at radius 2 is 1.84 bits per heavy atom. The SMILES string of the molecule is CC(C)c1ccccc1N/C=C(\C#N)c1nc(-c2ccccc2)cs1. The van der Waals surface area contributed by atoms with Gasteiger partial charge >= 0.3 is 0 Å². The molecule has 2 aromatic carbocycles. The molecule has 0 fully saturated rings. The molecule has 3 nitrogen and oxygen atoms in total. The van der Waals surface area contributed by atoms with Gasteiger partial charge in [0.2, 0.25) is 0 Å². The van der Waals surface area contributed by atoms with E-state index in [0.29, 0.717) is 11.5 Å². The van der Waals surface area contributed by atoms with E-state index in [1.165, 1.54) is 16.9 Å². The molecular weight excluding hydrogens is 326 g/mol. The number of nitrogens with zero attached hydrogens (tertiary/aromatic N) is 2. The summed E-state index contributed by atoms with van der Waals surface area (Å²) in [5.41, 5.74) is 4.72. The average Bonchev–Trinajstić information content (AvgIpc) is 3.13. The summed E-state index contributed by atoms with van der Waals surface area (Å²) in [5.74, 6) is 0.409. The fourth-order valence-corrected chi connectivity index (χ4v) is 3.36. The molecule has 0 aliphatic rings. The molecule has 0 atom stereocenters. The summed E-state index contributed by atoms with van der Waals surface area (Å²) in [5, 5.41) is 15.5. The van der Waals surface area contributed by atoms with Crippen molar-refractivity contribution in [3.05, 3.63) is 76.7 Å². The van der Waals surface area contributed by atoms with Gasteiger partial charge in [-0.05, 0) is 17.5 Å². The first-order valence-electron chi connectivity index (χ1n) is 8.16. The third-order valence-electron chi connectivity index (χ3n) is 3.88. The number of rotatable bonds is 5. The van der Waals surface area contributed by atoms with Gasteiger partial charge in [0, 0.05) is 22.8 Å². The second-order valence-electron chi connectivity index (χ2n) is 5.96. The summed E-state index contributed by atoms with van der Waals surface area (Å²) in [6.07, 6.45) is 1.74. The average molecular weight is 345 g/mol. The molecule has 1 heterocycles. The van der Waals surface area contributed by atoms with Gasteiger partial charge in [-0.15, -0.1) is 11.3 Å². The minimum absolute atomic E-state index is 0.409. The van der Waals surface area contributed by atoms with Crippen LogP contribution in [0.3, 0.4) is 0 Å². The second kappa shape index (κ2) is 7.78. The van der Waals surface area contributed by atoms with E-state index in [2.05, 4.69) is 36.3 Å². The van der Waals surface area contributed by atoms with E-state index < -0.39 is 0 Å². The van der Waals surface area contributed by atoms with Crippen LogP contribution in [0.25, 0.3) is 16.8 Å². The third kappa shape index (κ3) is 3.96. The van der Waals surface area contributed by atoms with Crippen LogP contribution in [0, 0.1) is 11.3 Å². The molecule has 0 amide bonds. The molecule has 1 aromatic heterocycles. The van der Waals surface area contributed by atoms with E-state index in [1.807, 2.05) is 53.9 Å². The van der Waals surface area contributed by atoms with Gasteiger partial charge in [-0.1, -0.05) is 62.4 Å². The summed E-state index contributed by atoms with van der Waals surface area (Å²) in [6.45, 7) is 4.31. The van der Waals surface area contributed by atoms with Crippen LogP contribution in [0.1, 0.15) is 30.3 Å². The maximum atomic E-state index is 9.52. The van der Waals surface area contributed by atoms with Gasteiger partial charge in [0.1, 0.15) is 16.6 Å². The fourth-order valence-electron chi connectivity index (χ4n) is 2.56. The van der Waals surface area contributed by atoms with Crippen molar-refractivity contribution in [3.63, 3.8) is 0 Å². The summed E-state index contributed by atoms with van der Waals surface area (Å²) in [4.78, 5) is 4.61. The Balaban J connectivity index is 1.85.